The van der Waals surface area contributed by atoms with Crippen LogP contribution < -0.4 is 10.1 Å². The van der Waals surface area contributed by atoms with E-state index < -0.39 is 0 Å². The predicted octanol–water partition coefficient (Wildman–Crippen LogP) is 2.49. The number of hydrogen-bond acceptors (Lipinski definition) is 3. The zero-order chi connectivity index (χ0) is 16.9. The second kappa shape index (κ2) is 7.69. The van der Waals surface area contributed by atoms with Crippen LogP contribution in [-0.2, 0) is 16.1 Å². The highest BCUT2D eigenvalue weighted by Crippen LogP contribution is 2.28. The van der Waals surface area contributed by atoms with E-state index in [1.165, 1.54) is 19.3 Å². The normalized spacial score (nSPS) is 21.8. The summed E-state index contributed by atoms with van der Waals surface area (Å²) in [4.78, 5) is 26.6. The summed E-state index contributed by atoms with van der Waals surface area (Å²) in [6.45, 7) is 1.06. The highest BCUT2D eigenvalue weighted by molar-refractivity contribution is 5.89. The second-order valence-corrected chi connectivity index (χ2v) is 6.80. The van der Waals surface area contributed by atoms with Gasteiger partial charge in [0.1, 0.15) is 5.75 Å². The Kier molecular flexibility index (Phi) is 5.38. The number of hydrogen-bond donors (Lipinski definition) is 1. The third kappa shape index (κ3) is 3.89. The maximum atomic E-state index is 12.4. The number of likely N-dealkylation sites (tertiary alicyclic amines) is 1. The van der Waals surface area contributed by atoms with Gasteiger partial charge in [0, 0.05) is 25.6 Å². The molecule has 1 atom stereocenters. The molecule has 2 aliphatic rings. The fraction of sp³-hybridized carbons (Fsp3) is 0.579. The van der Waals surface area contributed by atoms with Crippen LogP contribution >= 0.6 is 0 Å². The van der Waals surface area contributed by atoms with Crippen LogP contribution in [-0.4, -0.2) is 36.4 Å². The molecule has 1 aromatic rings. The summed E-state index contributed by atoms with van der Waals surface area (Å²) >= 11 is 0. The second-order valence-electron chi connectivity index (χ2n) is 6.80. The topological polar surface area (TPSA) is 58.6 Å². The van der Waals surface area contributed by atoms with E-state index in [4.69, 9.17) is 4.74 Å². The molecule has 5 nitrogen and oxygen atoms in total. The Balaban J connectivity index is 1.50. The highest BCUT2D eigenvalue weighted by atomic mass is 16.5. The van der Waals surface area contributed by atoms with Gasteiger partial charge in [-0.1, -0.05) is 31.4 Å². The molecule has 1 aliphatic heterocycles. The molecular weight excluding hydrogens is 304 g/mol. The molecule has 0 aromatic heterocycles. The number of ether oxygens (including phenoxy) is 1. The van der Waals surface area contributed by atoms with E-state index in [1.807, 2.05) is 29.2 Å². The largest absolute Gasteiger partial charge is 0.497 e. The molecule has 130 valence electrons. The Morgan fingerprint density at radius 1 is 1.21 bits per heavy atom. The fourth-order valence-electron chi connectivity index (χ4n) is 3.73. The summed E-state index contributed by atoms with van der Waals surface area (Å²) < 4.78 is 5.13. The van der Waals surface area contributed by atoms with Crippen LogP contribution in [0.25, 0.3) is 0 Å². The third-order valence-corrected chi connectivity index (χ3v) is 5.17. The van der Waals surface area contributed by atoms with Crippen LogP contribution in [0.4, 0.5) is 0 Å². The lowest BCUT2D eigenvalue weighted by atomic mass is 9.94. The average Bonchev–Trinajstić information content (AvgIpc) is 3.02. The van der Waals surface area contributed by atoms with Crippen molar-refractivity contribution < 1.29 is 14.3 Å². The van der Waals surface area contributed by atoms with Crippen molar-refractivity contribution in [2.75, 3.05) is 13.7 Å². The first-order valence-electron chi connectivity index (χ1n) is 8.87. The third-order valence-electron chi connectivity index (χ3n) is 5.17. The predicted molar refractivity (Wildman–Crippen MR) is 91.5 cm³/mol. The van der Waals surface area contributed by atoms with Crippen molar-refractivity contribution in [3.8, 4) is 5.75 Å². The number of amides is 2. The molecule has 0 bridgehead atoms. The van der Waals surface area contributed by atoms with Crippen molar-refractivity contribution in [1.29, 1.82) is 0 Å². The summed E-state index contributed by atoms with van der Waals surface area (Å²) in [5.41, 5.74) is 1.03. The van der Waals surface area contributed by atoms with Crippen molar-refractivity contribution in [2.45, 2.75) is 51.1 Å². The lowest BCUT2D eigenvalue weighted by Gasteiger charge is -2.31. The molecule has 0 radical (unpaired) electrons. The van der Waals surface area contributed by atoms with Gasteiger partial charge in [0.05, 0.1) is 13.0 Å². The van der Waals surface area contributed by atoms with Gasteiger partial charge in [0.15, 0.2) is 0 Å². The summed E-state index contributed by atoms with van der Waals surface area (Å²) in [5, 5.41) is 2.96. The minimum atomic E-state index is -0.210. The van der Waals surface area contributed by atoms with Crippen molar-refractivity contribution in [2.24, 2.45) is 5.92 Å². The number of benzene rings is 1. The van der Waals surface area contributed by atoms with Crippen LogP contribution in [0.3, 0.4) is 0 Å². The summed E-state index contributed by atoms with van der Waals surface area (Å²) in [6.07, 6.45) is 6.19. The Labute approximate surface area is 143 Å². The summed E-state index contributed by atoms with van der Waals surface area (Å²) in [5.74, 6) is 0.719. The van der Waals surface area contributed by atoms with Gasteiger partial charge in [-0.25, -0.2) is 0 Å². The van der Waals surface area contributed by atoms with Crippen LogP contribution in [0, 0.1) is 5.92 Å². The fourth-order valence-corrected chi connectivity index (χ4v) is 3.73. The van der Waals surface area contributed by atoms with E-state index in [9.17, 15) is 9.59 Å². The van der Waals surface area contributed by atoms with Gasteiger partial charge in [-0.15, -0.1) is 0 Å². The van der Waals surface area contributed by atoms with E-state index in [2.05, 4.69) is 5.32 Å². The highest BCUT2D eigenvalue weighted by Gasteiger charge is 2.37. The summed E-state index contributed by atoms with van der Waals surface area (Å²) in [6, 6.07) is 7.99. The first kappa shape index (κ1) is 16.8. The van der Waals surface area contributed by atoms with Gasteiger partial charge in [-0.3, -0.25) is 9.59 Å². The molecule has 1 heterocycles. The molecule has 3 rings (SSSR count). The van der Waals surface area contributed by atoms with Crippen LogP contribution in [0.15, 0.2) is 24.3 Å². The maximum Gasteiger partial charge on any atom is 0.225 e. The molecule has 1 aliphatic carbocycles. The molecule has 1 aromatic carbocycles. The van der Waals surface area contributed by atoms with Crippen molar-refractivity contribution >= 4 is 11.8 Å². The smallest absolute Gasteiger partial charge is 0.225 e. The molecule has 1 N–H and O–H groups in total. The Morgan fingerprint density at radius 3 is 2.58 bits per heavy atom. The number of nitrogens with one attached hydrogen (secondary N) is 1. The zero-order valence-corrected chi connectivity index (χ0v) is 14.3. The van der Waals surface area contributed by atoms with E-state index >= 15 is 0 Å². The van der Waals surface area contributed by atoms with Crippen molar-refractivity contribution in [3.05, 3.63) is 29.8 Å². The van der Waals surface area contributed by atoms with Gasteiger partial charge < -0.3 is 15.0 Å². The van der Waals surface area contributed by atoms with Gasteiger partial charge in [0.2, 0.25) is 11.8 Å². The molecule has 2 fully saturated rings. The molecule has 0 spiro atoms. The minimum Gasteiger partial charge on any atom is -0.497 e. The lowest BCUT2D eigenvalue weighted by Crippen LogP contribution is -2.39. The molecule has 2 amide bonds. The van der Waals surface area contributed by atoms with Crippen LogP contribution in [0.2, 0.25) is 0 Å². The maximum absolute atomic E-state index is 12.4. The Morgan fingerprint density at radius 2 is 1.92 bits per heavy atom. The quantitative estimate of drug-likeness (QED) is 0.902. The van der Waals surface area contributed by atoms with Crippen LogP contribution in [0.1, 0.15) is 44.1 Å². The molecule has 1 saturated heterocycles. The minimum absolute atomic E-state index is 0.0162. The Bertz CT molecular complexity index is 579. The number of carbonyl (C=O) groups excluding carboxylic acids is 2. The first-order chi connectivity index (χ1) is 11.7. The SMILES string of the molecule is COc1ccc(CNC(=O)[C@@H]2CC(=O)N(C3CCCCC3)C2)cc1. The van der Waals surface area contributed by atoms with Gasteiger partial charge in [0.25, 0.3) is 0 Å². The Hall–Kier alpha value is -2.04. The van der Waals surface area contributed by atoms with E-state index in [-0.39, 0.29) is 17.7 Å². The first-order valence-corrected chi connectivity index (χ1v) is 8.87. The van der Waals surface area contributed by atoms with E-state index in [0.29, 0.717) is 25.6 Å². The molecule has 5 heteroatoms. The van der Waals surface area contributed by atoms with Crippen LogP contribution in [0.5, 0.6) is 5.75 Å². The number of carbonyl (C=O) groups is 2. The lowest BCUT2D eigenvalue weighted by molar-refractivity contribution is -0.130. The van der Waals surface area contributed by atoms with E-state index in [1.54, 1.807) is 7.11 Å². The van der Waals surface area contributed by atoms with Gasteiger partial charge >= 0.3 is 0 Å². The van der Waals surface area contributed by atoms with E-state index in [0.717, 1.165) is 24.2 Å². The molecular formula is C19H26N2O3. The standard InChI is InChI=1S/C19H26N2O3/c1-24-17-9-7-14(8-10-17)12-20-19(23)15-11-18(22)21(13-15)16-5-3-2-4-6-16/h7-10,15-16H,2-6,11-13H2,1H3,(H,20,23)/t15-/m1/s1. The molecule has 1 saturated carbocycles. The molecule has 0 unspecified atom stereocenters. The van der Waals surface area contributed by atoms with Crippen molar-refractivity contribution in [3.63, 3.8) is 0 Å². The van der Waals surface area contributed by atoms with Crippen molar-refractivity contribution in [1.82, 2.24) is 10.2 Å². The summed E-state index contributed by atoms with van der Waals surface area (Å²) in [7, 11) is 1.63. The number of nitrogens with zero attached hydrogens (tertiary/aromatic N) is 1. The van der Waals surface area contributed by atoms with Gasteiger partial charge in [-0.2, -0.15) is 0 Å². The number of rotatable bonds is 5. The average molecular weight is 330 g/mol. The monoisotopic (exact) mass is 330 g/mol. The van der Waals surface area contributed by atoms with Gasteiger partial charge in [-0.05, 0) is 30.5 Å². The number of methoxy groups -OCH3 is 1. The molecule has 24 heavy (non-hydrogen) atoms. The zero-order valence-electron chi connectivity index (χ0n) is 14.3.